The van der Waals surface area contributed by atoms with E-state index >= 15 is 0 Å². The fourth-order valence-corrected chi connectivity index (χ4v) is 4.25. The average Bonchev–Trinajstić information content (AvgIpc) is 2.79. The predicted molar refractivity (Wildman–Crippen MR) is 97.7 cm³/mol. The Hall–Kier alpha value is -1.15. The summed E-state index contributed by atoms with van der Waals surface area (Å²) in [6.07, 6.45) is 2.76. The summed E-state index contributed by atoms with van der Waals surface area (Å²) in [6.45, 7) is 1.72. The Morgan fingerprint density at radius 3 is 2.62 bits per heavy atom. The molecule has 0 unspecified atom stereocenters. The van der Waals surface area contributed by atoms with Crippen LogP contribution in [0.3, 0.4) is 0 Å². The third-order valence-electron chi connectivity index (χ3n) is 5.19. The molecule has 0 amide bonds. The van der Waals surface area contributed by atoms with Crippen molar-refractivity contribution in [3.8, 4) is 0 Å². The quantitative estimate of drug-likeness (QED) is 0.529. The van der Waals surface area contributed by atoms with E-state index in [4.69, 9.17) is 9.47 Å². The number of fused-ring (bicyclic) bond motifs is 2. The van der Waals surface area contributed by atoms with E-state index < -0.39 is 0 Å². The molecule has 4 atom stereocenters. The van der Waals surface area contributed by atoms with Crippen LogP contribution >= 0.6 is 22.6 Å². The van der Waals surface area contributed by atoms with Crippen LogP contribution in [0.1, 0.15) is 36.5 Å². The summed E-state index contributed by atoms with van der Waals surface area (Å²) in [7, 11) is 2.11. The van der Waals surface area contributed by atoms with Gasteiger partial charge in [-0.05, 0) is 66.7 Å². The summed E-state index contributed by atoms with van der Waals surface area (Å²) < 4.78 is 12.2. The van der Waals surface area contributed by atoms with E-state index in [2.05, 4.69) is 34.5 Å². The molecular formula is C18H22INO4. The number of esters is 2. The lowest BCUT2D eigenvalue weighted by molar-refractivity contribution is -0.146. The van der Waals surface area contributed by atoms with Crippen molar-refractivity contribution in [2.75, 3.05) is 13.7 Å². The van der Waals surface area contributed by atoms with Crippen LogP contribution in [-0.4, -0.2) is 48.7 Å². The summed E-state index contributed by atoms with van der Waals surface area (Å²) in [5, 5.41) is 0. The van der Waals surface area contributed by atoms with Crippen molar-refractivity contribution >= 4 is 34.5 Å². The minimum absolute atomic E-state index is 0.0328. The number of nitrogens with zero attached hydrogens (tertiary/aromatic N) is 1. The minimum Gasteiger partial charge on any atom is -0.465 e. The molecule has 2 bridgehead atoms. The Morgan fingerprint density at radius 1 is 1.25 bits per heavy atom. The molecule has 2 fully saturated rings. The van der Waals surface area contributed by atoms with E-state index in [1.807, 2.05) is 12.1 Å². The molecule has 0 saturated carbocycles. The number of rotatable bonds is 4. The second-order valence-corrected chi connectivity index (χ2v) is 7.86. The molecule has 1 aromatic carbocycles. The van der Waals surface area contributed by atoms with Gasteiger partial charge in [0.1, 0.15) is 6.10 Å². The van der Waals surface area contributed by atoms with Crippen molar-refractivity contribution in [3.05, 3.63) is 33.4 Å². The zero-order valence-corrected chi connectivity index (χ0v) is 16.1. The number of benzene rings is 1. The summed E-state index contributed by atoms with van der Waals surface area (Å²) in [6, 6.07) is 8.11. The number of carbonyl (C=O) groups excluding carboxylic acids is 2. The number of halogens is 1. The minimum atomic E-state index is -0.298. The van der Waals surface area contributed by atoms with Gasteiger partial charge in [-0.15, -0.1) is 0 Å². The fraction of sp³-hybridized carbons (Fsp3) is 0.556. The smallest absolute Gasteiger partial charge is 0.338 e. The lowest BCUT2D eigenvalue weighted by Crippen LogP contribution is -2.52. The molecule has 5 nitrogen and oxygen atoms in total. The molecule has 130 valence electrons. The van der Waals surface area contributed by atoms with Gasteiger partial charge in [0, 0.05) is 34.9 Å². The molecule has 0 aromatic heterocycles. The Bertz CT molecular complexity index is 618. The van der Waals surface area contributed by atoms with Crippen molar-refractivity contribution in [1.82, 2.24) is 4.90 Å². The average molecular weight is 443 g/mol. The first-order valence-electron chi connectivity index (χ1n) is 8.27. The Morgan fingerprint density at radius 2 is 1.96 bits per heavy atom. The highest BCUT2D eigenvalue weighted by atomic mass is 127. The number of hydrogen-bond acceptors (Lipinski definition) is 5. The first-order chi connectivity index (χ1) is 11.5. The van der Waals surface area contributed by atoms with Gasteiger partial charge < -0.3 is 9.47 Å². The second-order valence-electron chi connectivity index (χ2n) is 6.62. The summed E-state index contributed by atoms with van der Waals surface area (Å²) >= 11 is 2.21. The van der Waals surface area contributed by atoms with Gasteiger partial charge in [-0.25, -0.2) is 4.79 Å². The third-order valence-corrected chi connectivity index (χ3v) is 5.91. The topological polar surface area (TPSA) is 55.8 Å². The third kappa shape index (κ3) is 3.74. The Labute approximate surface area is 155 Å². The number of hydrogen-bond donors (Lipinski definition) is 0. The molecule has 2 saturated heterocycles. The van der Waals surface area contributed by atoms with E-state index in [-0.39, 0.29) is 24.0 Å². The van der Waals surface area contributed by atoms with E-state index in [1.54, 1.807) is 12.1 Å². The highest BCUT2D eigenvalue weighted by molar-refractivity contribution is 14.1. The lowest BCUT2D eigenvalue weighted by Gasteiger charge is -2.42. The van der Waals surface area contributed by atoms with Gasteiger partial charge in [0.25, 0.3) is 0 Å². The Balaban J connectivity index is 1.72. The summed E-state index contributed by atoms with van der Waals surface area (Å²) in [4.78, 5) is 26.0. The molecule has 0 radical (unpaired) electrons. The lowest BCUT2D eigenvalue weighted by atomic mass is 9.88. The number of piperidine rings is 1. The fourth-order valence-electron chi connectivity index (χ4n) is 3.89. The van der Waals surface area contributed by atoms with Crippen molar-refractivity contribution in [2.24, 2.45) is 5.92 Å². The molecule has 2 heterocycles. The predicted octanol–water partition coefficient (Wildman–Crippen LogP) is 2.86. The Kier molecular flexibility index (Phi) is 5.44. The largest absolute Gasteiger partial charge is 0.465 e. The maximum Gasteiger partial charge on any atom is 0.338 e. The first-order valence-corrected chi connectivity index (χ1v) is 9.35. The van der Waals surface area contributed by atoms with Gasteiger partial charge in [0.2, 0.25) is 0 Å². The number of ether oxygens (including phenoxy) is 2. The van der Waals surface area contributed by atoms with E-state index in [0.717, 1.165) is 22.8 Å². The van der Waals surface area contributed by atoms with E-state index in [1.165, 1.54) is 6.92 Å². The second kappa shape index (κ2) is 7.39. The molecule has 6 heteroatoms. The van der Waals surface area contributed by atoms with Gasteiger partial charge in [0.15, 0.2) is 0 Å². The van der Waals surface area contributed by atoms with Crippen molar-refractivity contribution in [2.45, 2.75) is 44.4 Å². The van der Waals surface area contributed by atoms with Crippen LogP contribution in [0, 0.1) is 9.49 Å². The van der Waals surface area contributed by atoms with Crippen LogP contribution in [0.4, 0.5) is 0 Å². The normalized spacial score (nSPS) is 29.3. The molecule has 2 aliphatic rings. The summed E-state index contributed by atoms with van der Waals surface area (Å²) in [5.74, 6) is -0.556. The van der Waals surface area contributed by atoms with Crippen LogP contribution in [0.5, 0.6) is 0 Å². The van der Waals surface area contributed by atoms with Crippen molar-refractivity contribution < 1.29 is 19.1 Å². The SMILES string of the molecule is CC(=O)OC[C@H]1[C@@H](OC(=O)c2ccc(I)cc2)C[C@@H]2CC[C@H]1N2C. The highest BCUT2D eigenvalue weighted by Crippen LogP contribution is 2.40. The van der Waals surface area contributed by atoms with Crippen LogP contribution in [0.2, 0.25) is 0 Å². The highest BCUT2D eigenvalue weighted by Gasteiger charge is 2.47. The summed E-state index contributed by atoms with van der Waals surface area (Å²) in [5.41, 5.74) is 0.563. The maximum atomic E-state index is 12.5. The van der Waals surface area contributed by atoms with E-state index in [0.29, 0.717) is 24.3 Å². The zero-order chi connectivity index (χ0) is 17.3. The monoisotopic (exact) mass is 443 g/mol. The zero-order valence-electron chi connectivity index (χ0n) is 13.9. The molecule has 1 aromatic rings. The first kappa shape index (κ1) is 17.7. The molecule has 0 aliphatic carbocycles. The molecule has 3 rings (SSSR count). The molecular weight excluding hydrogens is 421 g/mol. The van der Waals surface area contributed by atoms with Crippen LogP contribution in [0.15, 0.2) is 24.3 Å². The van der Waals surface area contributed by atoms with Crippen molar-refractivity contribution in [3.63, 3.8) is 0 Å². The van der Waals surface area contributed by atoms with Gasteiger partial charge >= 0.3 is 11.9 Å². The molecule has 0 N–H and O–H groups in total. The van der Waals surface area contributed by atoms with E-state index in [9.17, 15) is 9.59 Å². The molecule has 24 heavy (non-hydrogen) atoms. The van der Waals surface area contributed by atoms with Gasteiger partial charge in [-0.2, -0.15) is 0 Å². The van der Waals surface area contributed by atoms with Crippen LogP contribution < -0.4 is 0 Å². The van der Waals surface area contributed by atoms with Crippen LogP contribution in [0.25, 0.3) is 0 Å². The van der Waals surface area contributed by atoms with Crippen LogP contribution in [-0.2, 0) is 14.3 Å². The van der Waals surface area contributed by atoms with Gasteiger partial charge in [0.05, 0.1) is 12.2 Å². The maximum absolute atomic E-state index is 12.5. The molecule has 0 spiro atoms. The van der Waals surface area contributed by atoms with Gasteiger partial charge in [-0.3, -0.25) is 9.69 Å². The van der Waals surface area contributed by atoms with Crippen molar-refractivity contribution in [1.29, 1.82) is 0 Å². The standard InChI is InChI=1S/C18H22INO4/c1-11(21)23-10-15-16-8-7-14(20(16)2)9-17(15)24-18(22)12-3-5-13(19)6-4-12/h3-6,14-17H,7-10H2,1-2H3/t14-,15+,16+,17-/m0/s1. The van der Waals surface area contributed by atoms with Gasteiger partial charge in [-0.1, -0.05) is 0 Å². The number of carbonyl (C=O) groups is 2. The molecule has 2 aliphatic heterocycles.